The third kappa shape index (κ3) is 2.44. The van der Waals surface area contributed by atoms with Crippen LogP contribution in [0, 0.1) is 0 Å². The van der Waals surface area contributed by atoms with E-state index >= 15 is 0 Å². The van der Waals surface area contributed by atoms with Gasteiger partial charge in [-0.3, -0.25) is 4.79 Å². The van der Waals surface area contributed by atoms with Crippen LogP contribution in [0.2, 0.25) is 0 Å². The Labute approximate surface area is 145 Å². The van der Waals surface area contributed by atoms with E-state index in [1.165, 1.54) is 22.3 Å². The van der Waals surface area contributed by atoms with Gasteiger partial charge in [-0.25, -0.2) is 0 Å². The summed E-state index contributed by atoms with van der Waals surface area (Å²) in [5.41, 5.74) is 12.7. The summed E-state index contributed by atoms with van der Waals surface area (Å²) < 4.78 is 0. The van der Waals surface area contributed by atoms with Crippen molar-refractivity contribution >= 4 is 12.0 Å². The third-order valence-corrected chi connectivity index (χ3v) is 5.88. The highest BCUT2D eigenvalue weighted by molar-refractivity contribution is 5.92. The number of hydrogen-bond donors (Lipinski definition) is 1. The minimum absolute atomic E-state index is 0.0331. The van der Waals surface area contributed by atoms with E-state index in [0.717, 1.165) is 43.2 Å². The average Bonchev–Trinajstić information content (AvgIpc) is 3.08. The smallest absolute Gasteiger partial charge is 0.232 e. The number of rotatable bonds is 3. The molecule has 2 aliphatic carbocycles. The molecule has 0 radical (unpaired) electrons. The molecule has 0 heterocycles. The van der Waals surface area contributed by atoms with Gasteiger partial charge in [-0.15, -0.1) is 0 Å². The second-order valence-electron chi connectivity index (χ2n) is 8.40. The van der Waals surface area contributed by atoms with Gasteiger partial charge in [0.05, 0.1) is 5.41 Å². The van der Waals surface area contributed by atoms with Crippen LogP contribution < -0.4 is 5.73 Å². The molecule has 0 aliphatic heterocycles. The van der Waals surface area contributed by atoms with Crippen LogP contribution in [0.5, 0.6) is 0 Å². The van der Waals surface area contributed by atoms with E-state index in [2.05, 4.69) is 52.5 Å². The molecule has 1 amide bonds. The van der Waals surface area contributed by atoms with Gasteiger partial charge < -0.3 is 5.73 Å². The maximum absolute atomic E-state index is 12.6. The van der Waals surface area contributed by atoms with E-state index in [-0.39, 0.29) is 11.3 Å². The van der Waals surface area contributed by atoms with Crippen molar-refractivity contribution in [2.75, 3.05) is 0 Å². The largest absolute Gasteiger partial charge is 0.369 e. The maximum atomic E-state index is 12.6. The average molecular weight is 323 g/mol. The second kappa shape index (κ2) is 5.61. The van der Waals surface area contributed by atoms with Gasteiger partial charge in [-0.2, -0.15) is 0 Å². The lowest BCUT2D eigenvalue weighted by atomic mass is 9.70. The summed E-state index contributed by atoms with van der Waals surface area (Å²) in [6.07, 6.45) is 6.97. The number of carbonyl (C=O) groups is 1. The highest BCUT2D eigenvalue weighted by atomic mass is 16.1. The highest BCUT2D eigenvalue weighted by Gasteiger charge is 2.46. The van der Waals surface area contributed by atoms with Crippen LogP contribution in [0.25, 0.3) is 6.08 Å². The lowest BCUT2D eigenvalue weighted by Crippen LogP contribution is -2.41. The molecule has 1 aromatic rings. The minimum Gasteiger partial charge on any atom is -0.369 e. The lowest BCUT2D eigenvalue weighted by molar-refractivity contribution is -0.122. The van der Waals surface area contributed by atoms with Crippen LogP contribution in [-0.2, 0) is 22.0 Å². The Morgan fingerprint density at radius 1 is 1.33 bits per heavy atom. The fourth-order valence-corrected chi connectivity index (χ4v) is 4.27. The van der Waals surface area contributed by atoms with Gasteiger partial charge in [0.25, 0.3) is 0 Å². The normalized spacial score (nSPS) is 23.3. The van der Waals surface area contributed by atoms with E-state index in [9.17, 15) is 4.79 Å². The van der Waals surface area contributed by atoms with Gasteiger partial charge >= 0.3 is 0 Å². The van der Waals surface area contributed by atoms with Crippen LogP contribution in [-0.4, -0.2) is 5.91 Å². The first-order valence-electron chi connectivity index (χ1n) is 9.05. The number of primary amides is 1. The van der Waals surface area contributed by atoms with Gasteiger partial charge in [-0.1, -0.05) is 63.6 Å². The monoisotopic (exact) mass is 323 g/mol. The van der Waals surface area contributed by atoms with Crippen molar-refractivity contribution in [2.45, 2.75) is 70.6 Å². The Morgan fingerprint density at radius 3 is 2.54 bits per heavy atom. The van der Waals surface area contributed by atoms with E-state index in [0.29, 0.717) is 0 Å². The molecule has 128 valence electrons. The minimum atomic E-state index is -0.678. The molecule has 1 atom stereocenters. The molecule has 3 rings (SSSR count). The number of nitrogens with two attached hydrogens (primary N) is 1. The van der Waals surface area contributed by atoms with Crippen LogP contribution >= 0.6 is 0 Å². The van der Waals surface area contributed by atoms with Gasteiger partial charge in [0.1, 0.15) is 0 Å². The van der Waals surface area contributed by atoms with E-state index in [4.69, 9.17) is 5.73 Å². The van der Waals surface area contributed by atoms with Crippen molar-refractivity contribution in [1.82, 2.24) is 0 Å². The molecule has 2 heteroatoms. The van der Waals surface area contributed by atoms with Crippen LogP contribution in [0.15, 0.2) is 29.9 Å². The summed E-state index contributed by atoms with van der Waals surface area (Å²) in [7, 11) is 0. The first-order valence-corrected chi connectivity index (χ1v) is 9.05. The summed E-state index contributed by atoms with van der Waals surface area (Å²) in [6, 6.07) is 4.54. The number of amides is 1. The summed E-state index contributed by atoms with van der Waals surface area (Å²) in [4.78, 5) is 12.6. The van der Waals surface area contributed by atoms with Crippen LogP contribution in [0.1, 0.15) is 75.6 Å². The Kier molecular flexibility index (Phi) is 3.98. The predicted molar refractivity (Wildman–Crippen MR) is 101 cm³/mol. The maximum Gasteiger partial charge on any atom is 0.232 e. The molecule has 0 aromatic heterocycles. The molecule has 24 heavy (non-hydrogen) atoms. The van der Waals surface area contributed by atoms with Gasteiger partial charge in [-0.05, 0) is 59.8 Å². The van der Waals surface area contributed by atoms with Crippen molar-refractivity contribution < 1.29 is 4.79 Å². The van der Waals surface area contributed by atoms with Gasteiger partial charge in [0.2, 0.25) is 5.91 Å². The number of hydrogen-bond acceptors (Lipinski definition) is 1. The molecule has 1 saturated carbocycles. The zero-order valence-electron chi connectivity index (χ0n) is 15.5. The Hall–Kier alpha value is -1.83. The van der Waals surface area contributed by atoms with Crippen molar-refractivity contribution in [3.63, 3.8) is 0 Å². The first kappa shape index (κ1) is 17.0. The molecule has 2 nitrogen and oxygen atoms in total. The molecule has 2 N–H and O–H groups in total. The highest BCUT2D eigenvalue weighted by Crippen LogP contribution is 2.49. The number of carbonyl (C=O) groups excluding carboxylic acids is 1. The Bertz CT molecular complexity index is 748. The van der Waals surface area contributed by atoms with Crippen molar-refractivity contribution in [3.8, 4) is 0 Å². The fourth-order valence-electron chi connectivity index (χ4n) is 4.27. The van der Waals surface area contributed by atoms with Crippen molar-refractivity contribution in [3.05, 3.63) is 52.1 Å². The molecule has 0 saturated heterocycles. The predicted octanol–water partition coefficient (Wildman–Crippen LogP) is 4.80. The lowest BCUT2D eigenvalue weighted by Gasteiger charge is -2.32. The van der Waals surface area contributed by atoms with Crippen LogP contribution in [0.4, 0.5) is 0 Å². The Balaban J connectivity index is 2.28. The first-order chi connectivity index (χ1) is 11.2. The van der Waals surface area contributed by atoms with Gasteiger partial charge in [0, 0.05) is 0 Å². The van der Waals surface area contributed by atoms with E-state index in [1.807, 2.05) is 0 Å². The molecule has 0 spiro atoms. The topological polar surface area (TPSA) is 43.1 Å². The van der Waals surface area contributed by atoms with Crippen molar-refractivity contribution in [2.24, 2.45) is 5.73 Å². The summed E-state index contributed by atoms with van der Waals surface area (Å²) >= 11 is 0. The zero-order valence-corrected chi connectivity index (χ0v) is 15.5. The molecule has 2 aliphatic rings. The van der Waals surface area contributed by atoms with Crippen LogP contribution in [0.3, 0.4) is 0 Å². The van der Waals surface area contributed by atoms with Gasteiger partial charge in [0.15, 0.2) is 0 Å². The molecule has 1 aromatic carbocycles. The quantitative estimate of drug-likeness (QED) is 0.798. The Morgan fingerprint density at radius 2 is 2.04 bits per heavy atom. The van der Waals surface area contributed by atoms with E-state index in [1.54, 1.807) is 0 Å². The molecular formula is C22H29NO. The zero-order chi connectivity index (χ0) is 17.7. The standard InChI is InChI=1S/C22H29NO/c1-6-15-10-16-12-17(21(3,4)5)13-19(18(16)11-15)22(20(23)24)9-7-8-14(22)2/h10,12-13H,2,6-9,11H2,1,3-5H3,(H2,23,24). The van der Waals surface area contributed by atoms with E-state index < -0.39 is 5.41 Å². The third-order valence-electron chi connectivity index (χ3n) is 5.88. The fraction of sp³-hybridized carbons (Fsp3) is 0.500. The number of benzene rings is 1. The molecular weight excluding hydrogens is 294 g/mol. The van der Waals surface area contributed by atoms with Crippen molar-refractivity contribution in [1.29, 1.82) is 0 Å². The summed E-state index contributed by atoms with van der Waals surface area (Å²) in [5, 5.41) is 0. The number of fused-ring (bicyclic) bond motifs is 1. The second-order valence-corrected chi connectivity index (χ2v) is 8.40. The number of allylic oxidation sites excluding steroid dienone is 1. The summed E-state index contributed by atoms with van der Waals surface area (Å²) in [6.45, 7) is 13.1. The molecule has 1 unspecified atom stereocenters. The molecule has 0 bridgehead atoms. The molecule has 1 fully saturated rings. The summed E-state index contributed by atoms with van der Waals surface area (Å²) in [5.74, 6) is -0.233. The SMILES string of the molecule is C=C1CCCC1(C(N)=O)c1cc(C(C)(C)C)cc2c1CC(CC)=C2.